The van der Waals surface area contributed by atoms with Gasteiger partial charge >= 0.3 is 5.97 Å². The number of methoxy groups -OCH3 is 1. The highest BCUT2D eigenvalue weighted by atomic mass is 16.5. The molecule has 0 bridgehead atoms. The van der Waals surface area contributed by atoms with Crippen LogP contribution < -0.4 is 0 Å². The summed E-state index contributed by atoms with van der Waals surface area (Å²) in [4.78, 5) is 15.2. The summed E-state index contributed by atoms with van der Waals surface area (Å²) in [7, 11) is 1.69. The summed E-state index contributed by atoms with van der Waals surface area (Å²) in [6.45, 7) is 8.35. The van der Waals surface area contributed by atoms with Crippen LogP contribution in [0.5, 0.6) is 0 Å². The van der Waals surface area contributed by atoms with Gasteiger partial charge in [0.2, 0.25) is 0 Å². The molecule has 19 heavy (non-hydrogen) atoms. The van der Waals surface area contributed by atoms with Crippen LogP contribution in [0.1, 0.15) is 13.3 Å². The Morgan fingerprint density at radius 2 is 1.89 bits per heavy atom. The third kappa shape index (κ3) is 6.33. The summed E-state index contributed by atoms with van der Waals surface area (Å²) >= 11 is 0. The molecule has 1 fully saturated rings. The summed E-state index contributed by atoms with van der Waals surface area (Å²) in [5.74, 6) is -0.741. The molecule has 0 aromatic heterocycles. The van der Waals surface area contributed by atoms with Gasteiger partial charge < -0.3 is 14.6 Å². The second-order valence-electron chi connectivity index (χ2n) is 4.85. The fourth-order valence-corrected chi connectivity index (χ4v) is 2.13. The van der Waals surface area contributed by atoms with E-state index in [0.29, 0.717) is 0 Å². The minimum atomic E-state index is -0.741. The van der Waals surface area contributed by atoms with Crippen molar-refractivity contribution in [3.63, 3.8) is 0 Å². The van der Waals surface area contributed by atoms with Gasteiger partial charge in [-0.1, -0.05) is 0 Å². The largest absolute Gasteiger partial charge is 0.480 e. The zero-order valence-corrected chi connectivity index (χ0v) is 12.0. The Hall–Kier alpha value is -0.690. The maximum absolute atomic E-state index is 10.9. The molecule has 112 valence electrons. The monoisotopic (exact) mass is 274 g/mol. The van der Waals surface area contributed by atoms with Crippen molar-refractivity contribution in [1.29, 1.82) is 0 Å². The third-order valence-electron chi connectivity index (χ3n) is 3.50. The van der Waals surface area contributed by atoms with Crippen molar-refractivity contribution in [1.82, 2.24) is 9.80 Å². The van der Waals surface area contributed by atoms with Crippen LogP contribution in [-0.2, 0) is 14.3 Å². The number of carboxylic acid groups (broad SMARTS) is 1. The molecule has 0 amide bonds. The minimum absolute atomic E-state index is 0.382. The molecule has 0 spiro atoms. The molecule has 0 saturated carbocycles. The standard InChI is InChI=1S/C13H26N2O4/c1-12(13(16)17)15-6-4-14(5-7-15)8-11-19-10-3-9-18-2/h12H,3-11H2,1-2H3,(H,16,17). The van der Waals surface area contributed by atoms with Crippen LogP contribution in [0.4, 0.5) is 0 Å². The van der Waals surface area contributed by atoms with E-state index in [9.17, 15) is 4.79 Å². The highest BCUT2D eigenvalue weighted by Crippen LogP contribution is 2.06. The van der Waals surface area contributed by atoms with Gasteiger partial charge in [0, 0.05) is 53.0 Å². The van der Waals surface area contributed by atoms with E-state index in [1.54, 1.807) is 14.0 Å². The average molecular weight is 274 g/mol. The molecule has 1 N–H and O–H groups in total. The van der Waals surface area contributed by atoms with Crippen LogP contribution in [0.2, 0.25) is 0 Å². The van der Waals surface area contributed by atoms with E-state index in [4.69, 9.17) is 14.6 Å². The van der Waals surface area contributed by atoms with E-state index >= 15 is 0 Å². The minimum Gasteiger partial charge on any atom is -0.480 e. The van der Waals surface area contributed by atoms with Crippen molar-refractivity contribution < 1.29 is 19.4 Å². The molecule has 1 heterocycles. The Morgan fingerprint density at radius 1 is 1.21 bits per heavy atom. The predicted octanol–water partition coefficient (Wildman–Crippen LogP) is 0.130. The van der Waals surface area contributed by atoms with Gasteiger partial charge in [-0.2, -0.15) is 0 Å². The van der Waals surface area contributed by atoms with E-state index in [1.807, 2.05) is 4.90 Å². The Morgan fingerprint density at radius 3 is 2.47 bits per heavy atom. The summed E-state index contributed by atoms with van der Waals surface area (Å²) in [5, 5.41) is 8.96. The fraction of sp³-hybridized carbons (Fsp3) is 0.923. The van der Waals surface area contributed by atoms with Crippen molar-refractivity contribution in [3.8, 4) is 0 Å². The highest BCUT2D eigenvalue weighted by molar-refractivity contribution is 5.72. The molecule has 1 aliphatic rings. The zero-order chi connectivity index (χ0) is 14.1. The molecule has 0 radical (unpaired) electrons. The van der Waals surface area contributed by atoms with Gasteiger partial charge in [-0.05, 0) is 13.3 Å². The van der Waals surface area contributed by atoms with Gasteiger partial charge in [0.05, 0.1) is 6.61 Å². The van der Waals surface area contributed by atoms with Gasteiger partial charge in [-0.25, -0.2) is 0 Å². The van der Waals surface area contributed by atoms with Crippen LogP contribution in [0.25, 0.3) is 0 Å². The van der Waals surface area contributed by atoms with E-state index in [2.05, 4.69) is 4.90 Å². The van der Waals surface area contributed by atoms with Crippen molar-refractivity contribution in [2.75, 3.05) is 59.7 Å². The molecule has 6 nitrogen and oxygen atoms in total. The number of carbonyl (C=O) groups is 1. The lowest BCUT2D eigenvalue weighted by atomic mass is 10.2. The van der Waals surface area contributed by atoms with Gasteiger partial charge in [-0.3, -0.25) is 14.6 Å². The lowest BCUT2D eigenvalue weighted by molar-refractivity contribution is -0.143. The fourth-order valence-electron chi connectivity index (χ4n) is 2.13. The summed E-state index contributed by atoms with van der Waals surface area (Å²) in [5.41, 5.74) is 0. The first-order chi connectivity index (χ1) is 9.15. The van der Waals surface area contributed by atoms with Gasteiger partial charge in [0.1, 0.15) is 6.04 Å². The quantitative estimate of drug-likeness (QED) is 0.603. The second-order valence-corrected chi connectivity index (χ2v) is 4.85. The maximum atomic E-state index is 10.9. The highest BCUT2D eigenvalue weighted by Gasteiger charge is 2.24. The van der Waals surface area contributed by atoms with Crippen LogP contribution in [0.15, 0.2) is 0 Å². The Bertz CT molecular complexity index is 255. The average Bonchev–Trinajstić information content (AvgIpc) is 2.42. The molecular formula is C13H26N2O4. The number of aliphatic carboxylic acids is 1. The molecule has 6 heteroatoms. The van der Waals surface area contributed by atoms with Crippen molar-refractivity contribution in [3.05, 3.63) is 0 Å². The van der Waals surface area contributed by atoms with E-state index in [-0.39, 0.29) is 6.04 Å². The number of hydrogen-bond donors (Lipinski definition) is 1. The lowest BCUT2D eigenvalue weighted by Gasteiger charge is -2.36. The lowest BCUT2D eigenvalue weighted by Crippen LogP contribution is -2.52. The smallest absolute Gasteiger partial charge is 0.320 e. The number of hydrogen-bond acceptors (Lipinski definition) is 5. The SMILES string of the molecule is COCCCOCCN1CCN(C(C)C(=O)O)CC1. The second kappa shape index (κ2) is 9.25. The molecule has 0 aromatic carbocycles. The molecule has 1 unspecified atom stereocenters. The molecule has 0 aromatic rings. The number of rotatable bonds is 9. The first-order valence-electron chi connectivity index (χ1n) is 6.91. The van der Waals surface area contributed by atoms with Crippen LogP contribution >= 0.6 is 0 Å². The number of carboxylic acids is 1. The summed E-state index contributed by atoms with van der Waals surface area (Å²) in [6.07, 6.45) is 0.931. The predicted molar refractivity (Wildman–Crippen MR) is 72.4 cm³/mol. The van der Waals surface area contributed by atoms with Gasteiger partial charge in [0.25, 0.3) is 0 Å². The van der Waals surface area contributed by atoms with Crippen molar-refractivity contribution in [2.24, 2.45) is 0 Å². The number of ether oxygens (including phenoxy) is 2. The Kier molecular flexibility index (Phi) is 7.97. The molecule has 1 saturated heterocycles. The normalized spacial score (nSPS) is 19.5. The molecule has 1 aliphatic heterocycles. The van der Waals surface area contributed by atoms with Crippen LogP contribution in [0, 0.1) is 0 Å². The van der Waals surface area contributed by atoms with E-state index < -0.39 is 5.97 Å². The van der Waals surface area contributed by atoms with Crippen molar-refractivity contribution >= 4 is 5.97 Å². The molecular weight excluding hydrogens is 248 g/mol. The zero-order valence-electron chi connectivity index (χ0n) is 12.0. The Balaban J connectivity index is 2.05. The van der Waals surface area contributed by atoms with Crippen LogP contribution in [-0.4, -0.2) is 86.6 Å². The topological polar surface area (TPSA) is 62.2 Å². The van der Waals surface area contributed by atoms with Gasteiger partial charge in [0.15, 0.2) is 0 Å². The number of nitrogens with zero attached hydrogens (tertiary/aromatic N) is 2. The van der Waals surface area contributed by atoms with Crippen LogP contribution in [0.3, 0.4) is 0 Å². The van der Waals surface area contributed by atoms with E-state index in [0.717, 1.165) is 59.0 Å². The summed E-state index contributed by atoms with van der Waals surface area (Å²) in [6, 6.07) is -0.382. The first-order valence-corrected chi connectivity index (χ1v) is 6.91. The van der Waals surface area contributed by atoms with Crippen molar-refractivity contribution in [2.45, 2.75) is 19.4 Å². The third-order valence-corrected chi connectivity index (χ3v) is 3.50. The Labute approximate surface area is 115 Å². The maximum Gasteiger partial charge on any atom is 0.320 e. The van der Waals surface area contributed by atoms with E-state index in [1.165, 1.54) is 0 Å². The molecule has 0 aliphatic carbocycles. The molecule has 1 rings (SSSR count). The number of piperazine rings is 1. The first kappa shape index (κ1) is 16.4. The summed E-state index contributed by atoms with van der Waals surface area (Å²) < 4.78 is 10.5. The molecule has 1 atom stereocenters. The van der Waals surface area contributed by atoms with Gasteiger partial charge in [-0.15, -0.1) is 0 Å².